The Bertz CT molecular complexity index is 812. The standard InChI is InChI=1S/C17H15N5OS/c18-11-12(16-20-14-3-1-2-4-15(14)24-16)13-5-6-19-17(21-13)22-7-9-23-10-8-22/h1-6,20H,7-10H2/b16-12+. The van der Waals surface area contributed by atoms with E-state index in [1.807, 2.05) is 24.3 Å². The minimum absolute atomic E-state index is 0.535. The molecule has 6 nitrogen and oxygen atoms in total. The Hall–Kier alpha value is -2.56. The number of hydrogen-bond acceptors (Lipinski definition) is 7. The number of ether oxygens (including phenoxy) is 1. The third-order valence-corrected chi connectivity index (χ3v) is 4.97. The number of para-hydroxylation sites is 1. The van der Waals surface area contributed by atoms with Crippen molar-refractivity contribution in [2.45, 2.75) is 4.90 Å². The highest BCUT2D eigenvalue weighted by Gasteiger charge is 2.22. The highest BCUT2D eigenvalue weighted by Crippen LogP contribution is 2.43. The molecule has 0 unspecified atom stereocenters. The zero-order valence-corrected chi connectivity index (χ0v) is 13.7. The second-order valence-corrected chi connectivity index (χ2v) is 6.43. The van der Waals surface area contributed by atoms with Crippen molar-refractivity contribution in [2.24, 2.45) is 0 Å². The van der Waals surface area contributed by atoms with Gasteiger partial charge < -0.3 is 15.0 Å². The quantitative estimate of drug-likeness (QED) is 0.845. The number of anilines is 2. The van der Waals surface area contributed by atoms with Gasteiger partial charge in [-0.25, -0.2) is 9.97 Å². The molecule has 1 saturated heterocycles. The molecule has 2 aliphatic heterocycles. The van der Waals surface area contributed by atoms with Gasteiger partial charge >= 0.3 is 0 Å². The summed E-state index contributed by atoms with van der Waals surface area (Å²) in [6, 6.07) is 12.1. The Balaban J connectivity index is 1.67. The SMILES string of the molecule is N#C/C(=C1/Nc2ccccc2S1)c1ccnc(N2CCOCC2)n1. The number of nitrogens with one attached hydrogen (secondary N) is 1. The van der Waals surface area contributed by atoms with Gasteiger partial charge in [0, 0.05) is 24.2 Å². The van der Waals surface area contributed by atoms with Gasteiger partial charge in [-0.1, -0.05) is 23.9 Å². The maximum Gasteiger partial charge on any atom is 0.226 e. The topological polar surface area (TPSA) is 74.1 Å². The molecule has 7 heteroatoms. The molecule has 1 fully saturated rings. The number of morpholine rings is 1. The van der Waals surface area contributed by atoms with Crippen LogP contribution in [-0.4, -0.2) is 36.3 Å². The molecule has 3 heterocycles. The average molecular weight is 337 g/mol. The van der Waals surface area contributed by atoms with Crippen LogP contribution in [0.2, 0.25) is 0 Å². The maximum absolute atomic E-state index is 9.66. The highest BCUT2D eigenvalue weighted by molar-refractivity contribution is 8.04. The number of aromatic nitrogens is 2. The number of benzene rings is 1. The minimum Gasteiger partial charge on any atom is -0.378 e. The first-order valence-electron chi connectivity index (χ1n) is 7.69. The van der Waals surface area contributed by atoms with Crippen LogP contribution in [0.4, 0.5) is 11.6 Å². The van der Waals surface area contributed by atoms with Gasteiger partial charge in [-0.2, -0.15) is 5.26 Å². The van der Waals surface area contributed by atoms with Crippen molar-refractivity contribution < 1.29 is 4.74 Å². The lowest BCUT2D eigenvalue weighted by atomic mass is 10.2. The van der Waals surface area contributed by atoms with Gasteiger partial charge in [-0.15, -0.1) is 0 Å². The van der Waals surface area contributed by atoms with Crippen molar-refractivity contribution in [1.29, 1.82) is 5.26 Å². The molecular weight excluding hydrogens is 322 g/mol. The predicted molar refractivity (Wildman–Crippen MR) is 93.5 cm³/mol. The van der Waals surface area contributed by atoms with Crippen molar-refractivity contribution in [3.05, 3.63) is 47.3 Å². The van der Waals surface area contributed by atoms with E-state index in [4.69, 9.17) is 4.74 Å². The molecule has 1 aromatic heterocycles. The van der Waals surface area contributed by atoms with Crippen LogP contribution in [0.1, 0.15) is 5.69 Å². The third-order valence-electron chi connectivity index (χ3n) is 3.88. The van der Waals surface area contributed by atoms with E-state index < -0.39 is 0 Å². The Morgan fingerprint density at radius 2 is 2.08 bits per heavy atom. The molecule has 0 amide bonds. The molecule has 0 aliphatic carbocycles. The lowest BCUT2D eigenvalue weighted by Gasteiger charge is -2.26. The molecule has 0 spiro atoms. The summed E-state index contributed by atoms with van der Waals surface area (Å²) in [5.74, 6) is 0.643. The summed E-state index contributed by atoms with van der Waals surface area (Å²) in [5.41, 5.74) is 2.19. The molecule has 0 bridgehead atoms. The van der Waals surface area contributed by atoms with E-state index in [2.05, 4.69) is 26.3 Å². The van der Waals surface area contributed by atoms with Gasteiger partial charge in [0.25, 0.3) is 0 Å². The van der Waals surface area contributed by atoms with Crippen LogP contribution in [0.3, 0.4) is 0 Å². The summed E-state index contributed by atoms with van der Waals surface area (Å²) >= 11 is 1.56. The van der Waals surface area contributed by atoms with Gasteiger partial charge in [0.2, 0.25) is 5.95 Å². The lowest BCUT2D eigenvalue weighted by Crippen LogP contribution is -2.37. The smallest absolute Gasteiger partial charge is 0.226 e. The number of allylic oxidation sites excluding steroid dienone is 1. The molecule has 1 N–H and O–H groups in total. The first-order chi connectivity index (χ1) is 11.8. The Labute approximate surface area is 144 Å². The van der Waals surface area contributed by atoms with Gasteiger partial charge in [0.05, 0.1) is 29.6 Å². The Kier molecular flexibility index (Phi) is 4.07. The summed E-state index contributed by atoms with van der Waals surface area (Å²) in [7, 11) is 0. The molecular formula is C17H15N5OS. The first kappa shape index (κ1) is 15.0. The second kappa shape index (κ2) is 6.51. The molecule has 0 atom stereocenters. The van der Waals surface area contributed by atoms with Crippen LogP contribution in [0.15, 0.2) is 46.5 Å². The minimum atomic E-state index is 0.535. The van der Waals surface area contributed by atoms with E-state index in [1.165, 1.54) is 0 Å². The molecule has 24 heavy (non-hydrogen) atoms. The first-order valence-corrected chi connectivity index (χ1v) is 8.51. The van der Waals surface area contributed by atoms with E-state index in [9.17, 15) is 5.26 Å². The molecule has 0 radical (unpaired) electrons. The molecule has 1 aromatic carbocycles. The van der Waals surface area contributed by atoms with Crippen LogP contribution in [0, 0.1) is 11.3 Å². The average Bonchev–Trinajstić information content (AvgIpc) is 3.07. The normalized spacial score (nSPS) is 18.5. The number of thioether (sulfide) groups is 1. The molecule has 2 aromatic rings. The van der Waals surface area contributed by atoms with Crippen LogP contribution in [0.25, 0.3) is 5.57 Å². The summed E-state index contributed by atoms with van der Waals surface area (Å²) < 4.78 is 5.36. The zero-order valence-electron chi connectivity index (χ0n) is 12.9. The molecule has 2 aliphatic rings. The largest absolute Gasteiger partial charge is 0.378 e. The number of nitrogens with zero attached hydrogens (tertiary/aromatic N) is 4. The van der Waals surface area contributed by atoms with E-state index in [1.54, 1.807) is 24.0 Å². The number of nitriles is 1. The van der Waals surface area contributed by atoms with Crippen LogP contribution >= 0.6 is 11.8 Å². The van der Waals surface area contributed by atoms with Gasteiger partial charge in [-0.05, 0) is 18.2 Å². The van der Waals surface area contributed by atoms with Crippen LogP contribution in [0.5, 0.6) is 0 Å². The van der Waals surface area contributed by atoms with Crippen molar-refractivity contribution in [3.8, 4) is 6.07 Å². The fourth-order valence-corrected chi connectivity index (χ4v) is 3.67. The summed E-state index contributed by atoms with van der Waals surface area (Å²) in [6.45, 7) is 2.87. The number of rotatable bonds is 2. The van der Waals surface area contributed by atoms with E-state index in [0.29, 0.717) is 30.4 Å². The van der Waals surface area contributed by atoms with Crippen molar-refractivity contribution >= 4 is 29.0 Å². The maximum atomic E-state index is 9.66. The van der Waals surface area contributed by atoms with Gasteiger partial charge in [0.1, 0.15) is 11.6 Å². The van der Waals surface area contributed by atoms with E-state index >= 15 is 0 Å². The highest BCUT2D eigenvalue weighted by atomic mass is 32.2. The lowest BCUT2D eigenvalue weighted by molar-refractivity contribution is 0.122. The Morgan fingerprint density at radius 3 is 2.88 bits per heavy atom. The summed E-state index contributed by atoms with van der Waals surface area (Å²) in [6.07, 6.45) is 1.71. The van der Waals surface area contributed by atoms with Crippen molar-refractivity contribution in [2.75, 3.05) is 36.5 Å². The molecule has 0 saturated carbocycles. The monoisotopic (exact) mass is 337 g/mol. The van der Waals surface area contributed by atoms with Gasteiger partial charge in [-0.3, -0.25) is 0 Å². The number of hydrogen-bond donors (Lipinski definition) is 1. The van der Waals surface area contributed by atoms with E-state index in [-0.39, 0.29) is 0 Å². The second-order valence-electron chi connectivity index (χ2n) is 5.38. The number of fused-ring (bicyclic) bond motifs is 1. The Morgan fingerprint density at radius 1 is 1.25 bits per heavy atom. The fourth-order valence-electron chi connectivity index (χ4n) is 2.66. The van der Waals surface area contributed by atoms with Crippen LogP contribution < -0.4 is 10.2 Å². The summed E-state index contributed by atoms with van der Waals surface area (Å²) in [4.78, 5) is 12.1. The molecule has 4 rings (SSSR count). The zero-order chi connectivity index (χ0) is 16.4. The third kappa shape index (κ3) is 2.82. The fraction of sp³-hybridized carbons (Fsp3) is 0.235. The van der Waals surface area contributed by atoms with E-state index in [0.717, 1.165) is 28.7 Å². The van der Waals surface area contributed by atoms with Gasteiger partial charge in [0.15, 0.2) is 0 Å². The van der Waals surface area contributed by atoms with Crippen LogP contribution in [-0.2, 0) is 4.74 Å². The summed E-state index contributed by atoms with van der Waals surface area (Å²) in [5, 5.41) is 13.8. The van der Waals surface area contributed by atoms with Crippen molar-refractivity contribution in [3.63, 3.8) is 0 Å². The molecule has 120 valence electrons. The van der Waals surface area contributed by atoms with Crippen molar-refractivity contribution in [1.82, 2.24) is 9.97 Å². The predicted octanol–water partition coefficient (Wildman–Crippen LogP) is 2.72.